The molecule has 9 nitrogen and oxygen atoms in total. The van der Waals surface area contributed by atoms with Gasteiger partial charge in [-0.05, 0) is 56.7 Å². The number of nitrogens with two attached hydrogens (primary N) is 1. The van der Waals surface area contributed by atoms with Gasteiger partial charge in [0.25, 0.3) is 0 Å². The first-order valence-electron chi connectivity index (χ1n) is 11.7. The predicted molar refractivity (Wildman–Crippen MR) is 144 cm³/mol. The number of nitrogens with one attached hydrogen (secondary N) is 1. The summed E-state index contributed by atoms with van der Waals surface area (Å²) in [4.78, 5) is 50.2. The first-order chi connectivity index (χ1) is 17.8. The third-order valence-corrected chi connectivity index (χ3v) is 5.05. The Kier molecular flexibility index (Phi) is 11.5. The van der Waals surface area contributed by atoms with Gasteiger partial charge in [-0.2, -0.15) is 0 Å². The molecule has 0 radical (unpaired) electrons. The molecule has 0 aliphatic carbocycles. The number of halogens is 1. The number of carbonyl (C=O) groups excluding carboxylic acids is 4. The highest BCUT2D eigenvalue weighted by Gasteiger charge is 2.24. The highest BCUT2D eigenvalue weighted by atomic mass is 35.5. The largest absolute Gasteiger partial charge is 0.463 e. The lowest BCUT2D eigenvalue weighted by Gasteiger charge is -2.19. The second-order valence-electron chi connectivity index (χ2n) is 8.22. The van der Waals surface area contributed by atoms with Gasteiger partial charge >= 0.3 is 17.9 Å². The Bertz CT molecular complexity index is 1260. The Morgan fingerprint density at radius 1 is 0.816 bits per heavy atom. The molecule has 3 aromatic carbocycles. The Hall–Kier alpha value is -4.21. The van der Waals surface area contributed by atoms with Crippen LogP contribution < -0.4 is 20.5 Å². The molecular formula is C28H29ClN2O7. The van der Waals surface area contributed by atoms with Crippen molar-refractivity contribution in [2.45, 2.75) is 32.8 Å². The van der Waals surface area contributed by atoms with Crippen LogP contribution in [0.4, 0.5) is 5.69 Å². The number of amides is 1. The van der Waals surface area contributed by atoms with E-state index in [1.54, 1.807) is 74.5 Å². The van der Waals surface area contributed by atoms with Gasteiger partial charge in [0.1, 0.15) is 0 Å². The molecule has 0 aliphatic heterocycles. The van der Waals surface area contributed by atoms with E-state index >= 15 is 0 Å². The minimum Gasteiger partial charge on any atom is -0.463 e. The zero-order valence-corrected chi connectivity index (χ0v) is 21.8. The molecule has 0 saturated carbocycles. The van der Waals surface area contributed by atoms with Crippen LogP contribution in [0.25, 0.3) is 0 Å². The van der Waals surface area contributed by atoms with E-state index in [4.69, 9.17) is 19.9 Å². The average Bonchev–Trinajstić information content (AvgIpc) is 2.90. The van der Waals surface area contributed by atoms with Crippen LogP contribution in [0.5, 0.6) is 11.5 Å². The van der Waals surface area contributed by atoms with Crippen molar-refractivity contribution in [2.75, 3.05) is 11.9 Å². The molecule has 3 N–H and O–H groups in total. The molecule has 0 aliphatic rings. The highest BCUT2D eigenvalue weighted by Crippen LogP contribution is 2.38. The van der Waals surface area contributed by atoms with E-state index in [1.165, 1.54) is 12.1 Å². The molecule has 3 rings (SSSR count). The minimum atomic E-state index is -0.717. The normalized spacial score (nSPS) is 10.2. The average molecular weight is 541 g/mol. The SMILES string of the molecule is CC(C)OC(=O)CCc1c(NC(=O)CN)ccc(OC(=O)c2ccccc2)c1OC(=O)c1ccccc1.Cl. The molecule has 0 atom stereocenters. The molecule has 0 saturated heterocycles. The topological polar surface area (TPSA) is 134 Å². The summed E-state index contributed by atoms with van der Waals surface area (Å²) in [5.74, 6) is -2.55. The van der Waals surface area contributed by atoms with Crippen molar-refractivity contribution < 1.29 is 33.4 Å². The number of hydrogen-bond acceptors (Lipinski definition) is 8. The van der Waals surface area contributed by atoms with Gasteiger partial charge in [0.15, 0.2) is 11.5 Å². The maximum atomic E-state index is 13.0. The van der Waals surface area contributed by atoms with Crippen LogP contribution in [0, 0.1) is 0 Å². The molecule has 38 heavy (non-hydrogen) atoms. The van der Waals surface area contributed by atoms with Crippen LogP contribution in [0.2, 0.25) is 0 Å². The van der Waals surface area contributed by atoms with Crippen molar-refractivity contribution in [3.05, 3.63) is 89.5 Å². The van der Waals surface area contributed by atoms with Gasteiger partial charge in [-0.15, -0.1) is 12.4 Å². The molecule has 0 bridgehead atoms. The van der Waals surface area contributed by atoms with E-state index in [2.05, 4.69) is 5.32 Å². The number of esters is 3. The maximum absolute atomic E-state index is 13.0. The van der Waals surface area contributed by atoms with E-state index in [-0.39, 0.29) is 71.8 Å². The third-order valence-electron chi connectivity index (χ3n) is 5.05. The molecule has 10 heteroatoms. The van der Waals surface area contributed by atoms with Crippen LogP contribution in [-0.4, -0.2) is 36.5 Å². The van der Waals surface area contributed by atoms with Gasteiger partial charge in [-0.1, -0.05) is 36.4 Å². The highest BCUT2D eigenvalue weighted by molar-refractivity contribution is 5.96. The fourth-order valence-corrected chi connectivity index (χ4v) is 3.37. The molecule has 1 amide bonds. The summed E-state index contributed by atoms with van der Waals surface area (Å²) in [5.41, 5.74) is 6.52. The summed E-state index contributed by atoms with van der Waals surface area (Å²) < 4.78 is 16.5. The van der Waals surface area contributed by atoms with E-state index in [0.29, 0.717) is 0 Å². The predicted octanol–water partition coefficient (Wildman–Crippen LogP) is 4.33. The quantitative estimate of drug-likeness (QED) is 0.287. The summed E-state index contributed by atoms with van der Waals surface area (Å²) in [6.45, 7) is 3.15. The van der Waals surface area contributed by atoms with Gasteiger partial charge in [0.2, 0.25) is 5.91 Å². The Morgan fingerprint density at radius 2 is 1.37 bits per heavy atom. The van der Waals surface area contributed by atoms with Gasteiger partial charge < -0.3 is 25.3 Å². The van der Waals surface area contributed by atoms with Gasteiger partial charge in [0.05, 0.1) is 23.8 Å². The lowest BCUT2D eigenvalue weighted by Crippen LogP contribution is -2.23. The van der Waals surface area contributed by atoms with Crippen molar-refractivity contribution in [1.29, 1.82) is 0 Å². The lowest BCUT2D eigenvalue weighted by atomic mass is 10.0. The zero-order chi connectivity index (χ0) is 26.8. The summed E-state index contributed by atoms with van der Waals surface area (Å²) in [5, 5.41) is 2.64. The molecule has 0 fully saturated rings. The van der Waals surface area contributed by atoms with E-state index in [1.807, 2.05) is 0 Å². The van der Waals surface area contributed by atoms with Gasteiger partial charge in [0, 0.05) is 17.7 Å². The molecular weight excluding hydrogens is 512 g/mol. The monoisotopic (exact) mass is 540 g/mol. The maximum Gasteiger partial charge on any atom is 0.343 e. The second kappa shape index (κ2) is 14.5. The molecule has 0 aromatic heterocycles. The van der Waals surface area contributed by atoms with E-state index < -0.39 is 23.8 Å². The third kappa shape index (κ3) is 8.43. The zero-order valence-electron chi connectivity index (χ0n) is 21.0. The molecule has 0 heterocycles. The Labute approximate surface area is 226 Å². The van der Waals surface area contributed by atoms with Crippen molar-refractivity contribution in [3.8, 4) is 11.5 Å². The van der Waals surface area contributed by atoms with Crippen molar-refractivity contribution >= 4 is 41.9 Å². The van der Waals surface area contributed by atoms with Crippen molar-refractivity contribution in [2.24, 2.45) is 5.73 Å². The Morgan fingerprint density at radius 3 is 1.89 bits per heavy atom. The van der Waals surface area contributed by atoms with Gasteiger partial charge in [-0.25, -0.2) is 9.59 Å². The fourth-order valence-electron chi connectivity index (χ4n) is 3.37. The summed E-state index contributed by atoms with van der Waals surface area (Å²) in [6, 6.07) is 19.4. The Balaban J connectivity index is 0.00000507. The van der Waals surface area contributed by atoms with Crippen molar-refractivity contribution in [3.63, 3.8) is 0 Å². The number of anilines is 1. The van der Waals surface area contributed by atoms with Crippen LogP contribution in [-0.2, 0) is 20.7 Å². The smallest absolute Gasteiger partial charge is 0.343 e. The van der Waals surface area contributed by atoms with Crippen molar-refractivity contribution in [1.82, 2.24) is 0 Å². The van der Waals surface area contributed by atoms with Crippen LogP contribution in [0.3, 0.4) is 0 Å². The second-order valence-corrected chi connectivity index (χ2v) is 8.22. The molecule has 3 aromatic rings. The summed E-state index contributed by atoms with van der Waals surface area (Å²) >= 11 is 0. The van der Waals surface area contributed by atoms with E-state index in [9.17, 15) is 19.2 Å². The number of carbonyl (C=O) groups is 4. The summed E-state index contributed by atoms with van der Waals surface area (Å²) in [7, 11) is 0. The summed E-state index contributed by atoms with van der Waals surface area (Å²) in [6.07, 6.45) is -0.396. The number of benzene rings is 3. The van der Waals surface area contributed by atoms with Crippen LogP contribution >= 0.6 is 12.4 Å². The number of ether oxygens (including phenoxy) is 3. The lowest BCUT2D eigenvalue weighted by molar-refractivity contribution is -0.147. The molecule has 0 unspecified atom stereocenters. The minimum absolute atomic E-state index is 0. The van der Waals surface area contributed by atoms with Crippen LogP contribution in [0.15, 0.2) is 72.8 Å². The van der Waals surface area contributed by atoms with Gasteiger partial charge in [-0.3, -0.25) is 9.59 Å². The first kappa shape index (κ1) is 30.0. The number of rotatable bonds is 10. The number of hydrogen-bond donors (Lipinski definition) is 2. The standard InChI is InChI=1S/C28H28N2O7.ClH/c1-18(2)35-25(32)16-13-21-22(30-24(31)17-29)14-15-23(36-27(33)19-9-5-3-6-10-19)26(21)37-28(34)20-11-7-4-8-12-20;/h3-12,14-15,18H,13,16-17,29H2,1-2H3,(H,30,31);1H. The van der Waals surface area contributed by atoms with Crippen LogP contribution in [0.1, 0.15) is 46.5 Å². The fraction of sp³-hybridized carbons (Fsp3) is 0.214. The van der Waals surface area contributed by atoms with E-state index in [0.717, 1.165) is 0 Å². The first-order valence-corrected chi connectivity index (χ1v) is 11.7. The molecule has 0 spiro atoms. The molecule has 200 valence electrons.